The van der Waals surface area contributed by atoms with Gasteiger partial charge in [-0.15, -0.1) is 0 Å². The molecule has 0 bridgehead atoms. The highest BCUT2D eigenvalue weighted by atomic mass is 32.1. The van der Waals surface area contributed by atoms with Crippen molar-refractivity contribution in [3.63, 3.8) is 0 Å². The van der Waals surface area contributed by atoms with Crippen LogP contribution in [0.4, 0.5) is 0 Å². The highest BCUT2D eigenvalue weighted by Crippen LogP contribution is 2.44. The molecule has 2 aliphatic rings. The average Bonchev–Trinajstić information content (AvgIpc) is 3.56. The van der Waals surface area contributed by atoms with E-state index in [1.54, 1.807) is 23.3 Å². The van der Waals surface area contributed by atoms with Crippen LogP contribution in [0, 0.1) is 0 Å². The van der Waals surface area contributed by atoms with Crippen molar-refractivity contribution in [2.75, 3.05) is 20.2 Å². The van der Waals surface area contributed by atoms with Gasteiger partial charge in [-0.2, -0.15) is 16.4 Å². The van der Waals surface area contributed by atoms with E-state index in [2.05, 4.69) is 6.08 Å². The summed E-state index contributed by atoms with van der Waals surface area (Å²) in [6, 6.07) is 5.90. The number of aromatic nitrogens is 2. The standard InChI is InChI=1S/C25H24B3N3O4S/c1-14(2)8-15-9-18-21(10-20(15)33-3)34-12-19-22(29-31(23(18)19)16-5-7-36-13-16)24(32)30-6-4-17(11-30)35-25(26,27)28/h5,7-10,13,17H,4,6,11-12H2,1-3H3. The number of amides is 1. The molecule has 2 aliphatic heterocycles. The Labute approximate surface area is 218 Å². The Morgan fingerprint density at radius 1 is 1.31 bits per heavy atom. The fourth-order valence-electron chi connectivity index (χ4n) is 4.68. The fourth-order valence-corrected chi connectivity index (χ4v) is 5.29. The molecule has 4 heterocycles. The number of hydrogen-bond acceptors (Lipinski definition) is 6. The van der Waals surface area contributed by atoms with Crippen molar-refractivity contribution in [3.05, 3.63) is 51.4 Å². The number of thiophene rings is 1. The van der Waals surface area contributed by atoms with E-state index in [0.717, 1.165) is 39.4 Å². The zero-order valence-corrected chi connectivity index (χ0v) is 21.3. The Morgan fingerprint density at radius 2 is 2.11 bits per heavy atom. The minimum absolute atomic E-state index is 0.201. The molecule has 1 atom stereocenters. The van der Waals surface area contributed by atoms with Crippen molar-refractivity contribution in [2.24, 2.45) is 0 Å². The molecule has 0 spiro atoms. The maximum absolute atomic E-state index is 13.7. The molecule has 1 aromatic carbocycles. The third-order valence-corrected chi connectivity index (χ3v) is 6.81. The second-order valence-electron chi connectivity index (χ2n) is 9.30. The topological polar surface area (TPSA) is 65.8 Å². The van der Waals surface area contributed by atoms with E-state index in [-0.39, 0.29) is 18.6 Å². The summed E-state index contributed by atoms with van der Waals surface area (Å²) >= 11 is 1.56. The van der Waals surface area contributed by atoms with Crippen molar-refractivity contribution in [1.29, 1.82) is 0 Å². The molecule has 178 valence electrons. The number of rotatable bonds is 6. The highest BCUT2D eigenvalue weighted by molar-refractivity contribution is 7.08. The molecule has 1 amide bonds. The summed E-state index contributed by atoms with van der Waals surface area (Å²) in [5.41, 5.74) is 5.71. The first-order valence-electron chi connectivity index (χ1n) is 11.6. The molecule has 0 N–H and O–H groups in total. The number of fused-ring (bicyclic) bond motifs is 3. The van der Waals surface area contributed by atoms with Crippen LogP contribution in [0.3, 0.4) is 0 Å². The number of likely N-dealkylation sites (tertiary alicyclic amines) is 1. The third kappa shape index (κ3) is 4.74. The summed E-state index contributed by atoms with van der Waals surface area (Å²) in [6.45, 7) is 5.09. The number of hydrogen-bond donors (Lipinski definition) is 0. The van der Waals surface area contributed by atoms with Crippen LogP contribution in [0.1, 0.15) is 41.9 Å². The molecule has 1 fully saturated rings. The van der Waals surface area contributed by atoms with Crippen molar-refractivity contribution < 1.29 is 19.0 Å². The number of carbonyl (C=O) groups is 1. The van der Waals surface area contributed by atoms with Crippen molar-refractivity contribution in [2.45, 2.75) is 38.3 Å². The van der Waals surface area contributed by atoms with E-state index < -0.39 is 5.30 Å². The van der Waals surface area contributed by atoms with Crippen molar-refractivity contribution >= 4 is 46.9 Å². The number of carbonyl (C=O) groups excluding carboxylic acids is 1. The lowest BCUT2D eigenvalue weighted by molar-refractivity contribution is 0.0483. The first kappa shape index (κ1) is 24.8. The normalized spacial score (nSPS) is 16.8. The molecule has 0 aliphatic carbocycles. The van der Waals surface area contributed by atoms with Crippen LogP contribution < -0.4 is 9.47 Å². The number of methoxy groups -OCH3 is 1. The smallest absolute Gasteiger partial charge is 0.274 e. The van der Waals surface area contributed by atoms with Crippen LogP contribution >= 0.6 is 11.3 Å². The molecule has 6 radical (unpaired) electrons. The summed E-state index contributed by atoms with van der Waals surface area (Å²) in [7, 11) is 18.4. The van der Waals surface area contributed by atoms with E-state index in [1.807, 2.05) is 47.5 Å². The van der Waals surface area contributed by atoms with Crippen LogP contribution in [0.2, 0.25) is 0 Å². The van der Waals surface area contributed by atoms with Gasteiger partial charge in [-0.3, -0.25) is 4.79 Å². The summed E-state index contributed by atoms with van der Waals surface area (Å²) in [5.74, 6) is 1.20. The monoisotopic (exact) mass is 495 g/mol. The lowest BCUT2D eigenvalue weighted by atomic mass is 9.52. The first-order chi connectivity index (χ1) is 17.1. The third-order valence-electron chi connectivity index (χ3n) is 6.14. The Bertz CT molecular complexity index is 1330. The SMILES string of the molecule is [B]C([B])([B])OC1CCN(C(=O)c2nn(-c3ccsc3)c3c2COc2cc(OC)c(C=C(C)C)cc2-3)C1. The summed E-state index contributed by atoms with van der Waals surface area (Å²) in [6.07, 6.45) is 2.29. The van der Waals surface area contributed by atoms with Crippen LogP contribution in [0.15, 0.2) is 34.5 Å². The number of allylic oxidation sites excluding steroid dienone is 1. The molecule has 2 aromatic heterocycles. The Morgan fingerprint density at radius 3 is 2.78 bits per heavy atom. The van der Waals surface area contributed by atoms with Crippen LogP contribution in [-0.2, 0) is 11.3 Å². The second kappa shape index (κ2) is 9.52. The second-order valence-corrected chi connectivity index (χ2v) is 10.1. The van der Waals surface area contributed by atoms with E-state index in [4.69, 9.17) is 42.8 Å². The fraction of sp³-hybridized carbons (Fsp3) is 0.360. The molecule has 36 heavy (non-hydrogen) atoms. The van der Waals surface area contributed by atoms with Crippen molar-refractivity contribution in [3.8, 4) is 28.4 Å². The van der Waals surface area contributed by atoms with E-state index in [9.17, 15) is 4.79 Å². The molecule has 1 saturated heterocycles. The average molecular weight is 495 g/mol. The molecular formula is C25H24B3N3O4S. The van der Waals surface area contributed by atoms with Gasteiger partial charge in [0.15, 0.2) is 5.69 Å². The summed E-state index contributed by atoms with van der Waals surface area (Å²) < 4.78 is 19.0. The van der Waals surface area contributed by atoms with Crippen molar-refractivity contribution in [1.82, 2.24) is 14.7 Å². The first-order valence-corrected chi connectivity index (χ1v) is 12.6. The predicted octanol–water partition coefficient (Wildman–Crippen LogP) is 3.27. The van der Waals surface area contributed by atoms with Crippen LogP contribution in [0.25, 0.3) is 23.0 Å². The van der Waals surface area contributed by atoms with E-state index in [1.165, 1.54) is 0 Å². The molecule has 1 unspecified atom stereocenters. The highest BCUT2D eigenvalue weighted by Gasteiger charge is 2.36. The van der Waals surface area contributed by atoms with Gasteiger partial charge in [0.1, 0.15) is 18.1 Å². The van der Waals surface area contributed by atoms with Crippen LogP contribution in [-0.4, -0.2) is 75.7 Å². The van der Waals surface area contributed by atoms with E-state index >= 15 is 0 Å². The van der Waals surface area contributed by atoms with Gasteiger partial charge in [0.05, 0.1) is 48.1 Å². The van der Waals surface area contributed by atoms with Gasteiger partial charge < -0.3 is 19.1 Å². The molecule has 7 nitrogen and oxygen atoms in total. The Kier molecular flexibility index (Phi) is 6.55. The molecule has 3 aromatic rings. The maximum atomic E-state index is 13.7. The largest absolute Gasteiger partial charge is 0.496 e. The molecule has 11 heteroatoms. The quantitative estimate of drug-likeness (QED) is 0.492. The summed E-state index contributed by atoms with van der Waals surface area (Å²) in [4.78, 5) is 15.3. The van der Waals surface area contributed by atoms with Gasteiger partial charge in [0.25, 0.3) is 5.91 Å². The van der Waals surface area contributed by atoms with Crippen LogP contribution in [0.5, 0.6) is 11.5 Å². The van der Waals surface area contributed by atoms with Gasteiger partial charge in [-0.1, -0.05) is 11.6 Å². The maximum Gasteiger partial charge on any atom is 0.274 e. The lowest BCUT2D eigenvalue weighted by Gasteiger charge is -2.26. The van der Waals surface area contributed by atoms with Gasteiger partial charge >= 0.3 is 0 Å². The van der Waals surface area contributed by atoms with Gasteiger partial charge in [-0.05, 0) is 43.1 Å². The zero-order valence-electron chi connectivity index (χ0n) is 20.5. The predicted molar refractivity (Wildman–Crippen MR) is 142 cm³/mol. The van der Waals surface area contributed by atoms with Gasteiger partial charge in [-0.25, -0.2) is 4.68 Å². The Balaban J connectivity index is 1.59. The zero-order chi connectivity index (χ0) is 25.6. The minimum atomic E-state index is -1.75. The van der Waals surface area contributed by atoms with Gasteiger partial charge in [0, 0.05) is 41.2 Å². The Hall–Kier alpha value is -2.91. The van der Waals surface area contributed by atoms with E-state index in [0.29, 0.717) is 31.0 Å². The van der Waals surface area contributed by atoms with Gasteiger partial charge in [0.2, 0.25) is 0 Å². The lowest BCUT2D eigenvalue weighted by Crippen LogP contribution is -2.40. The number of benzene rings is 1. The molecule has 0 saturated carbocycles. The molecular weight excluding hydrogens is 471 g/mol. The number of nitrogens with zero attached hydrogens (tertiary/aromatic N) is 3. The summed E-state index contributed by atoms with van der Waals surface area (Å²) in [5, 5.41) is 7.04. The number of ether oxygens (including phenoxy) is 3. The minimum Gasteiger partial charge on any atom is -0.496 e. The molecule has 5 rings (SSSR count).